The van der Waals surface area contributed by atoms with E-state index < -0.39 is 0 Å². The minimum absolute atomic E-state index is 0.109. The van der Waals surface area contributed by atoms with Gasteiger partial charge < -0.3 is 5.32 Å². The van der Waals surface area contributed by atoms with Crippen LogP contribution in [0.2, 0.25) is 0 Å². The van der Waals surface area contributed by atoms with E-state index >= 15 is 0 Å². The first kappa shape index (κ1) is 11.3. The number of carbonyl (C=O) groups is 1. The van der Waals surface area contributed by atoms with E-state index in [0.717, 1.165) is 11.8 Å². The number of thioether (sulfide) groups is 1. The van der Waals surface area contributed by atoms with Crippen molar-refractivity contribution in [3.05, 3.63) is 39.0 Å². The maximum absolute atomic E-state index is 13.0. The Balaban J connectivity index is 2.32. The summed E-state index contributed by atoms with van der Waals surface area (Å²) < 4.78 is 13.3. The molecule has 1 saturated heterocycles. The van der Waals surface area contributed by atoms with Gasteiger partial charge >= 0.3 is 0 Å². The molecule has 16 heavy (non-hydrogen) atoms. The molecule has 1 aromatic rings. The van der Waals surface area contributed by atoms with Crippen molar-refractivity contribution in [2.45, 2.75) is 0 Å². The summed E-state index contributed by atoms with van der Waals surface area (Å²) in [6.45, 7) is 0. The Hall–Kier alpha value is -1.14. The Morgan fingerprint density at radius 3 is 2.81 bits per heavy atom. The van der Waals surface area contributed by atoms with Crippen LogP contribution < -0.4 is 5.32 Å². The second-order valence-corrected chi connectivity index (χ2v) is 4.97. The lowest BCUT2D eigenvalue weighted by Gasteiger charge is -1.97. The van der Waals surface area contributed by atoms with Gasteiger partial charge in [-0.1, -0.05) is 6.07 Å². The normalized spacial score (nSPS) is 18.0. The Labute approximate surface area is 104 Å². The molecule has 1 aliphatic rings. The summed E-state index contributed by atoms with van der Waals surface area (Å²) in [4.78, 5) is 11.7. The third kappa shape index (κ3) is 2.33. The van der Waals surface area contributed by atoms with Crippen LogP contribution >= 0.6 is 27.7 Å². The molecule has 0 aliphatic carbocycles. The highest BCUT2D eigenvalue weighted by Crippen LogP contribution is 2.26. The van der Waals surface area contributed by atoms with Crippen molar-refractivity contribution in [3.63, 3.8) is 0 Å². The minimum Gasteiger partial charge on any atom is -0.301 e. The number of nitrogens with one attached hydrogen (secondary N) is 2. The van der Waals surface area contributed by atoms with Gasteiger partial charge in [-0.05, 0) is 51.5 Å². The predicted octanol–water partition coefficient (Wildman–Crippen LogP) is 2.73. The van der Waals surface area contributed by atoms with Gasteiger partial charge in [-0.2, -0.15) is 0 Å². The monoisotopic (exact) mass is 300 g/mol. The summed E-state index contributed by atoms with van der Waals surface area (Å²) in [5, 5.41) is 9.75. The first-order valence-corrected chi connectivity index (χ1v) is 5.92. The number of amidine groups is 1. The summed E-state index contributed by atoms with van der Waals surface area (Å²) in [7, 11) is 0. The number of hydrogen-bond acceptors (Lipinski definition) is 3. The molecule has 0 saturated carbocycles. The van der Waals surface area contributed by atoms with Gasteiger partial charge in [0.25, 0.3) is 5.91 Å². The molecule has 1 amide bonds. The van der Waals surface area contributed by atoms with Crippen molar-refractivity contribution < 1.29 is 9.18 Å². The van der Waals surface area contributed by atoms with Gasteiger partial charge in [-0.25, -0.2) is 4.39 Å². The van der Waals surface area contributed by atoms with Crippen molar-refractivity contribution >= 4 is 44.8 Å². The summed E-state index contributed by atoms with van der Waals surface area (Å²) in [6, 6.07) is 4.47. The lowest BCUT2D eigenvalue weighted by molar-refractivity contribution is -0.115. The topological polar surface area (TPSA) is 53.0 Å². The quantitative estimate of drug-likeness (QED) is 0.784. The van der Waals surface area contributed by atoms with E-state index in [-0.39, 0.29) is 16.9 Å². The molecule has 3 nitrogen and oxygen atoms in total. The number of carbonyl (C=O) groups excluding carboxylic acids is 1. The van der Waals surface area contributed by atoms with E-state index in [9.17, 15) is 9.18 Å². The van der Waals surface area contributed by atoms with Crippen molar-refractivity contribution in [2.75, 3.05) is 0 Å². The molecule has 1 aliphatic heterocycles. The van der Waals surface area contributed by atoms with Crippen molar-refractivity contribution in [1.29, 1.82) is 5.41 Å². The van der Waals surface area contributed by atoms with Gasteiger partial charge in [0.2, 0.25) is 0 Å². The van der Waals surface area contributed by atoms with Crippen LogP contribution in [-0.4, -0.2) is 11.1 Å². The van der Waals surface area contributed by atoms with Gasteiger partial charge in [0.1, 0.15) is 5.82 Å². The molecule has 6 heteroatoms. The zero-order chi connectivity index (χ0) is 11.7. The Morgan fingerprint density at radius 2 is 2.25 bits per heavy atom. The molecule has 0 spiro atoms. The summed E-state index contributed by atoms with van der Waals surface area (Å²) >= 11 is 4.12. The molecular weight excluding hydrogens is 295 g/mol. The number of benzene rings is 1. The second-order valence-electron chi connectivity index (χ2n) is 3.07. The average Bonchev–Trinajstić information content (AvgIpc) is 2.51. The van der Waals surface area contributed by atoms with E-state index in [0.29, 0.717) is 14.9 Å². The Morgan fingerprint density at radius 1 is 1.50 bits per heavy atom. The predicted molar refractivity (Wildman–Crippen MR) is 65.5 cm³/mol. The van der Waals surface area contributed by atoms with Crippen LogP contribution in [-0.2, 0) is 4.79 Å². The van der Waals surface area contributed by atoms with E-state index in [1.807, 2.05) is 0 Å². The lowest BCUT2D eigenvalue weighted by atomic mass is 10.2. The van der Waals surface area contributed by atoms with Gasteiger partial charge in [0.05, 0.1) is 9.38 Å². The molecule has 0 bridgehead atoms. The molecule has 82 valence electrons. The molecule has 1 heterocycles. The Kier molecular flexibility index (Phi) is 3.11. The van der Waals surface area contributed by atoms with Crippen molar-refractivity contribution in [2.24, 2.45) is 0 Å². The van der Waals surface area contributed by atoms with Crippen LogP contribution in [0.5, 0.6) is 0 Å². The zero-order valence-electron chi connectivity index (χ0n) is 7.88. The third-order valence-corrected chi connectivity index (χ3v) is 3.34. The van der Waals surface area contributed by atoms with E-state index in [1.165, 1.54) is 6.07 Å². The zero-order valence-corrected chi connectivity index (χ0v) is 10.3. The fourth-order valence-corrected chi connectivity index (χ4v) is 2.29. The summed E-state index contributed by atoms with van der Waals surface area (Å²) in [6.07, 6.45) is 1.62. The molecule has 1 aromatic carbocycles. The fraction of sp³-hybridized carbons (Fsp3) is 0. The van der Waals surface area contributed by atoms with Crippen LogP contribution in [0.25, 0.3) is 6.08 Å². The number of halogens is 2. The molecule has 2 N–H and O–H groups in total. The van der Waals surface area contributed by atoms with E-state index in [4.69, 9.17) is 5.41 Å². The first-order chi connectivity index (χ1) is 7.56. The Bertz CT molecular complexity index is 516. The van der Waals surface area contributed by atoms with Gasteiger partial charge in [-0.3, -0.25) is 10.2 Å². The molecule has 1 fully saturated rings. The largest absolute Gasteiger partial charge is 0.301 e. The molecule has 0 radical (unpaired) electrons. The highest BCUT2D eigenvalue weighted by atomic mass is 79.9. The molecule has 0 aromatic heterocycles. The van der Waals surface area contributed by atoms with E-state index in [2.05, 4.69) is 21.2 Å². The average molecular weight is 301 g/mol. The SMILES string of the molecule is N=C1NC(=O)C(=Cc2ccc(F)c(Br)c2)S1. The molecular formula is C10H6BrFN2OS. The van der Waals surface area contributed by atoms with Gasteiger partial charge in [0, 0.05) is 0 Å². The van der Waals surface area contributed by atoms with Crippen LogP contribution in [0, 0.1) is 11.2 Å². The van der Waals surface area contributed by atoms with Crippen LogP contribution in [0.4, 0.5) is 4.39 Å². The van der Waals surface area contributed by atoms with Crippen molar-refractivity contribution in [1.82, 2.24) is 5.32 Å². The number of rotatable bonds is 1. The maximum Gasteiger partial charge on any atom is 0.264 e. The number of hydrogen-bond donors (Lipinski definition) is 2. The van der Waals surface area contributed by atoms with Crippen LogP contribution in [0.15, 0.2) is 27.6 Å². The summed E-state index contributed by atoms with van der Waals surface area (Å²) in [5.74, 6) is -0.645. The smallest absolute Gasteiger partial charge is 0.264 e. The lowest BCUT2D eigenvalue weighted by Crippen LogP contribution is -2.18. The highest BCUT2D eigenvalue weighted by Gasteiger charge is 2.22. The molecule has 2 rings (SSSR count). The van der Waals surface area contributed by atoms with Gasteiger partial charge in [-0.15, -0.1) is 0 Å². The first-order valence-electron chi connectivity index (χ1n) is 4.31. The second kappa shape index (κ2) is 4.39. The minimum atomic E-state index is -0.349. The van der Waals surface area contributed by atoms with Crippen LogP contribution in [0.3, 0.4) is 0 Å². The fourth-order valence-electron chi connectivity index (χ4n) is 1.20. The van der Waals surface area contributed by atoms with E-state index in [1.54, 1.807) is 18.2 Å². The summed E-state index contributed by atoms with van der Waals surface area (Å²) in [5.41, 5.74) is 0.709. The highest BCUT2D eigenvalue weighted by molar-refractivity contribution is 9.10. The molecule has 0 unspecified atom stereocenters. The van der Waals surface area contributed by atoms with Crippen molar-refractivity contribution in [3.8, 4) is 0 Å². The third-order valence-electron chi connectivity index (χ3n) is 1.90. The maximum atomic E-state index is 13.0. The molecule has 0 atom stereocenters. The number of amides is 1. The van der Waals surface area contributed by atoms with Crippen LogP contribution in [0.1, 0.15) is 5.56 Å². The standard InChI is InChI=1S/C10H6BrFN2OS/c11-6-3-5(1-2-7(6)12)4-8-9(15)14-10(13)16-8/h1-4H,(H2,13,14,15). The van der Waals surface area contributed by atoms with Gasteiger partial charge in [0.15, 0.2) is 5.17 Å².